The van der Waals surface area contributed by atoms with Crippen molar-refractivity contribution in [2.24, 2.45) is 0 Å². The van der Waals surface area contributed by atoms with E-state index in [4.69, 9.17) is 9.47 Å². The first-order chi connectivity index (χ1) is 11.7. The van der Waals surface area contributed by atoms with Gasteiger partial charge in [-0.3, -0.25) is 9.59 Å². The average Bonchev–Trinajstić information content (AvgIpc) is 2.89. The molecule has 1 saturated heterocycles. The Morgan fingerprint density at radius 3 is 2.29 bits per heavy atom. The quantitative estimate of drug-likeness (QED) is 0.855. The van der Waals surface area contributed by atoms with Crippen LogP contribution in [0.25, 0.3) is 0 Å². The highest BCUT2D eigenvalue weighted by Gasteiger charge is 2.40. The Labute approximate surface area is 140 Å². The van der Waals surface area contributed by atoms with E-state index in [1.165, 1.54) is 12.0 Å². The molecular formula is C18H18N2O4. The number of anilines is 2. The van der Waals surface area contributed by atoms with Gasteiger partial charge in [-0.1, -0.05) is 24.3 Å². The molecule has 0 spiro atoms. The summed E-state index contributed by atoms with van der Waals surface area (Å²) in [7, 11) is 3.07. The van der Waals surface area contributed by atoms with E-state index in [0.717, 1.165) is 0 Å². The third-order valence-corrected chi connectivity index (χ3v) is 3.91. The summed E-state index contributed by atoms with van der Waals surface area (Å²) in [6, 6.07) is 13.6. The van der Waals surface area contributed by atoms with Gasteiger partial charge in [-0.15, -0.1) is 0 Å². The standard InChI is InChI=1S/C18H18N2O4/c1-23-15-9-5-3-7-12(15)19-13-11-17(21)20(18(13)22)14-8-4-6-10-16(14)24-2/h3-10,13,19H,11H2,1-2H3/t13-/m1/s1. The van der Waals surface area contributed by atoms with E-state index in [0.29, 0.717) is 22.9 Å². The smallest absolute Gasteiger partial charge is 0.256 e. The Hall–Kier alpha value is -3.02. The zero-order valence-electron chi connectivity index (χ0n) is 13.5. The van der Waals surface area contributed by atoms with Crippen LogP contribution in [0, 0.1) is 0 Å². The van der Waals surface area contributed by atoms with Crippen molar-refractivity contribution in [2.45, 2.75) is 12.5 Å². The van der Waals surface area contributed by atoms with E-state index >= 15 is 0 Å². The molecule has 3 rings (SSSR count). The molecule has 0 aromatic heterocycles. The Morgan fingerprint density at radius 1 is 0.958 bits per heavy atom. The summed E-state index contributed by atoms with van der Waals surface area (Å²) >= 11 is 0. The summed E-state index contributed by atoms with van der Waals surface area (Å²) in [4.78, 5) is 26.3. The van der Waals surface area contributed by atoms with Crippen molar-refractivity contribution < 1.29 is 19.1 Å². The van der Waals surface area contributed by atoms with Crippen LogP contribution >= 0.6 is 0 Å². The summed E-state index contributed by atoms with van der Waals surface area (Å²) in [5.74, 6) is 0.526. The maximum Gasteiger partial charge on any atom is 0.256 e. The third kappa shape index (κ3) is 2.78. The number of rotatable bonds is 5. The molecule has 0 saturated carbocycles. The predicted octanol–water partition coefficient (Wildman–Crippen LogP) is 2.45. The Kier molecular flexibility index (Phi) is 4.37. The molecule has 0 aliphatic carbocycles. The monoisotopic (exact) mass is 326 g/mol. The van der Waals surface area contributed by atoms with Crippen LogP contribution in [0.2, 0.25) is 0 Å². The molecule has 1 fully saturated rings. The zero-order valence-corrected chi connectivity index (χ0v) is 13.5. The van der Waals surface area contributed by atoms with Crippen molar-refractivity contribution >= 4 is 23.2 Å². The third-order valence-electron chi connectivity index (χ3n) is 3.91. The molecule has 2 aromatic carbocycles. The molecule has 1 aliphatic rings. The molecule has 0 unspecified atom stereocenters. The minimum atomic E-state index is -0.640. The number of carbonyl (C=O) groups is 2. The van der Waals surface area contributed by atoms with Crippen LogP contribution in [0.3, 0.4) is 0 Å². The highest BCUT2D eigenvalue weighted by atomic mass is 16.5. The number of hydrogen-bond acceptors (Lipinski definition) is 5. The van der Waals surface area contributed by atoms with E-state index in [-0.39, 0.29) is 18.2 Å². The maximum absolute atomic E-state index is 12.7. The number of imide groups is 1. The van der Waals surface area contributed by atoms with Crippen LogP contribution in [-0.4, -0.2) is 32.1 Å². The van der Waals surface area contributed by atoms with Crippen LogP contribution in [0.4, 0.5) is 11.4 Å². The van der Waals surface area contributed by atoms with Gasteiger partial charge < -0.3 is 14.8 Å². The molecule has 0 bridgehead atoms. The fourth-order valence-corrected chi connectivity index (χ4v) is 2.76. The Bertz CT molecular complexity index is 775. The van der Waals surface area contributed by atoms with E-state index in [1.807, 2.05) is 18.2 Å². The number of nitrogens with one attached hydrogen (secondary N) is 1. The first-order valence-electron chi connectivity index (χ1n) is 7.55. The van der Waals surface area contributed by atoms with Crippen LogP contribution in [0.15, 0.2) is 48.5 Å². The molecule has 124 valence electrons. The lowest BCUT2D eigenvalue weighted by Gasteiger charge is -2.19. The highest BCUT2D eigenvalue weighted by molar-refractivity contribution is 6.23. The summed E-state index contributed by atoms with van der Waals surface area (Å²) in [6.07, 6.45) is 0.0783. The fourth-order valence-electron chi connectivity index (χ4n) is 2.76. The summed E-state index contributed by atoms with van der Waals surface area (Å²) in [5.41, 5.74) is 1.13. The molecule has 1 heterocycles. The average molecular weight is 326 g/mol. The highest BCUT2D eigenvalue weighted by Crippen LogP contribution is 2.33. The normalized spacial score (nSPS) is 17.1. The van der Waals surface area contributed by atoms with Crippen LogP contribution < -0.4 is 19.7 Å². The van der Waals surface area contributed by atoms with Gasteiger partial charge in [0.05, 0.1) is 32.0 Å². The minimum absolute atomic E-state index is 0.0783. The lowest BCUT2D eigenvalue weighted by molar-refractivity contribution is -0.121. The second-order valence-corrected chi connectivity index (χ2v) is 5.34. The lowest BCUT2D eigenvalue weighted by Crippen LogP contribution is -2.35. The SMILES string of the molecule is COc1ccccc1N[C@@H]1CC(=O)N(c2ccccc2OC)C1=O. The lowest BCUT2D eigenvalue weighted by atomic mass is 10.2. The van der Waals surface area contributed by atoms with Crippen molar-refractivity contribution in [1.82, 2.24) is 0 Å². The van der Waals surface area contributed by atoms with Crippen molar-refractivity contribution in [2.75, 3.05) is 24.4 Å². The Balaban J connectivity index is 1.87. The van der Waals surface area contributed by atoms with E-state index in [2.05, 4.69) is 5.32 Å². The maximum atomic E-state index is 12.7. The topological polar surface area (TPSA) is 67.9 Å². The molecular weight excluding hydrogens is 308 g/mol. The van der Waals surface area contributed by atoms with Crippen LogP contribution in [0.5, 0.6) is 11.5 Å². The van der Waals surface area contributed by atoms with Crippen molar-refractivity contribution in [3.05, 3.63) is 48.5 Å². The number of benzene rings is 2. The first-order valence-corrected chi connectivity index (χ1v) is 7.55. The number of nitrogens with zero attached hydrogens (tertiary/aromatic N) is 1. The molecule has 6 heteroatoms. The molecule has 2 amide bonds. The van der Waals surface area contributed by atoms with Gasteiger partial charge in [-0.05, 0) is 24.3 Å². The van der Waals surface area contributed by atoms with E-state index < -0.39 is 6.04 Å². The van der Waals surface area contributed by atoms with E-state index in [1.54, 1.807) is 37.4 Å². The number of para-hydroxylation sites is 4. The molecule has 1 N–H and O–H groups in total. The van der Waals surface area contributed by atoms with Gasteiger partial charge >= 0.3 is 0 Å². The van der Waals surface area contributed by atoms with Crippen molar-refractivity contribution in [3.63, 3.8) is 0 Å². The largest absolute Gasteiger partial charge is 0.495 e. The molecule has 6 nitrogen and oxygen atoms in total. The fraction of sp³-hybridized carbons (Fsp3) is 0.222. The van der Waals surface area contributed by atoms with Gasteiger partial charge in [0.15, 0.2) is 0 Å². The van der Waals surface area contributed by atoms with Crippen molar-refractivity contribution in [1.29, 1.82) is 0 Å². The summed E-state index contributed by atoms with van der Waals surface area (Å²) < 4.78 is 10.5. The number of ether oxygens (including phenoxy) is 2. The number of hydrogen-bond donors (Lipinski definition) is 1. The summed E-state index contributed by atoms with van der Waals surface area (Å²) in [6.45, 7) is 0. The van der Waals surface area contributed by atoms with Crippen molar-refractivity contribution in [3.8, 4) is 11.5 Å². The minimum Gasteiger partial charge on any atom is -0.495 e. The van der Waals surface area contributed by atoms with Gasteiger partial charge in [0.25, 0.3) is 5.91 Å². The van der Waals surface area contributed by atoms with Gasteiger partial charge in [0, 0.05) is 0 Å². The number of amides is 2. The molecule has 0 radical (unpaired) electrons. The van der Waals surface area contributed by atoms with Gasteiger partial charge in [0.1, 0.15) is 17.5 Å². The van der Waals surface area contributed by atoms with Gasteiger partial charge in [-0.25, -0.2) is 4.90 Å². The van der Waals surface area contributed by atoms with Gasteiger partial charge in [0.2, 0.25) is 5.91 Å². The zero-order chi connectivity index (χ0) is 17.1. The first kappa shape index (κ1) is 15.9. The van der Waals surface area contributed by atoms with Gasteiger partial charge in [-0.2, -0.15) is 0 Å². The molecule has 1 atom stereocenters. The molecule has 1 aliphatic heterocycles. The molecule has 2 aromatic rings. The second-order valence-electron chi connectivity index (χ2n) is 5.34. The Morgan fingerprint density at radius 2 is 1.58 bits per heavy atom. The molecule has 24 heavy (non-hydrogen) atoms. The van der Waals surface area contributed by atoms with Crippen LogP contribution in [0.1, 0.15) is 6.42 Å². The second kappa shape index (κ2) is 6.62. The number of carbonyl (C=O) groups excluding carboxylic acids is 2. The number of methoxy groups -OCH3 is 2. The van der Waals surface area contributed by atoms with Crippen LogP contribution in [-0.2, 0) is 9.59 Å². The summed E-state index contributed by atoms with van der Waals surface area (Å²) in [5, 5.41) is 3.10. The van der Waals surface area contributed by atoms with E-state index in [9.17, 15) is 9.59 Å². The predicted molar refractivity (Wildman–Crippen MR) is 90.5 cm³/mol.